The van der Waals surface area contributed by atoms with Crippen molar-refractivity contribution in [1.82, 2.24) is 0 Å². The number of ketones is 1. The quantitative estimate of drug-likeness (QED) is 0.713. The van der Waals surface area contributed by atoms with Gasteiger partial charge in [-0.2, -0.15) is 0 Å². The Kier molecular flexibility index (Phi) is 2.93. The smallest absolute Gasteiger partial charge is 0.133 e. The van der Waals surface area contributed by atoms with Crippen molar-refractivity contribution in [3.8, 4) is 0 Å². The maximum absolute atomic E-state index is 11.4. The predicted molar refractivity (Wildman–Crippen MR) is 60.1 cm³/mol. The van der Waals surface area contributed by atoms with Crippen LogP contribution < -0.4 is 0 Å². The van der Waals surface area contributed by atoms with Crippen molar-refractivity contribution in [2.24, 2.45) is 5.92 Å². The highest BCUT2D eigenvalue weighted by atomic mass is 35.5. The molecule has 0 aliphatic heterocycles. The lowest BCUT2D eigenvalue weighted by Gasteiger charge is -2.27. The van der Waals surface area contributed by atoms with Crippen LogP contribution in [0.4, 0.5) is 0 Å². The minimum atomic E-state index is 0.356. The Morgan fingerprint density at radius 3 is 3.00 bits per heavy atom. The summed E-state index contributed by atoms with van der Waals surface area (Å²) in [5.74, 6) is 1.32. The van der Waals surface area contributed by atoms with E-state index in [0.717, 1.165) is 17.2 Å². The molecule has 1 nitrogen and oxygen atoms in total. The molecule has 0 saturated heterocycles. The number of carbonyl (C=O) groups is 1. The van der Waals surface area contributed by atoms with Crippen molar-refractivity contribution < 1.29 is 4.79 Å². The average Bonchev–Trinajstić information content (AvgIpc) is 2.56. The zero-order valence-corrected chi connectivity index (χ0v) is 9.70. The van der Waals surface area contributed by atoms with Gasteiger partial charge in [-0.15, -0.1) is 11.3 Å². The van der Waals surface area contributed by atoms with Crippen molar-refractivity contribution >= 4 is 28.7 Å². The predicted octanol–water partition coefficient (Wildman–Crippen LogP) is 3.87. The summed E-state index contributed by atoms with van der Waals surface area (Å²) in [6.45, 7) is 2.21. The van der Waals surface area contributed by atoms with Gasteiger partial charge in [-0.1, -0.05) is 18.5 Å². The first kappa shape index (κ1) is 10.2. The molecular weight excluding hydrogens is 216 g/mol. The summed E-state index contributed by atoms with van der Waals surface area (Å²) >= 11 is 7.65. The second kappa shape index (κ2) is 4.03. The number of halogens is 1. The summed E-state index contributed by atoms with van der Waals surface area (Å²) < 4.78 is 0.858. The van der Waals surface area contributed by atoms with E-state index < -0.39 is 0 Å². The first-order chi connectivity index (χ1) is 6.68. The van der Waals surface area contributed by atoms with Crippen LogP contribution in [0.3, 0.4) is 0 Å². The van der Waals surface area contributed by atoms with Crippen LogP contribution in [0.15, 0.2) is 11.4 Å². The second-order valence-corrected chi connectivity index (χ2v) is 5.53. The molecule has 0 bridgehead atoms. The standard InChI is InChI=1S/C11H13ClOS/c1-7-2-3-8(13)6-10(7)9-4-5-14-11(9)12/h4-5,7,10H,2-3,6H2,1H3. The summed E-state index contributed by atoms with van der Waals surface area (Å²) in [6.07, 6.45) is 2.44. The van der Waals surface area contributed by atoms with Gasteiger partial charge in [0, 0.05) is 12.8 Å². The molecule has 0 spiro atoms. The van der Waals surface area contributed by atoms with E-state index in [-0.39, 0.29) is 0 Å². The summed E-state index contributed by atoms with van der Waals surface area (Å²) in [4.78, 5) is 11.4. The Balaban J connectivity index is 2.24. The van der Waals surface area contributed by atoms with E-state index in [1.54, 1.807) is 11.3 Å². The molecule has 0 aromatic carbocycles. The molecule has 0 radical (unpaired) electrons. The van der Waals surface area contributed by atoms with Gasteiger partial charge in [0.15, 0.2) is 0 Å². The third-order valence-corrected chi connectivity index (χ3v) is 4.26. The van der Waals surface area contributed by atoms with E-state index in [2.05, 4.69) is 13.0 Å². The maximum atomic E-state index is 11.4. The highest BCUT2D eigenvalue weighted by molar-refractivity contribution is 7.14. The number of carbonyl (C=O) groups excluding carboxylic acids is 1. The minimum absolute atomic E-state index is 0.356. The van der Waals surface area contributed by atoms with Gasteiger partial charge < -0.3 is 0 Å². The molecule has 0 amide bonds. The Hall–Kier alpha value is -0.340. The minimum Gasteiger partial charge on any atom is -0.300 e. The van der Waals surface area contributed by atoms with Crippen LogP contribution in [0.5, 0.6) is 0 Å². The number of hydrogen-bond acceptors (Lipinski definition) is 2. The van der Waals surface area contributed by atoms with Crippen LogP contribution in [0.2, 0.25) is 4.34 Å². The number of rotatable bonds is 1. The fourth-order valence-electron chi connectivity index (χ4n) is 2.12. The Morgan fingerprint density at radius 2 is 2.36 bits per heavy atom. The van der Waals surface area contributed by atoms with Gasteiger partial charge in [-0.05, 0) is 35.3 Å². The highest BCUT2D eigenvalue weighted by Gasteiger charge is 2.29. The molecule has 3 heteroatoms. The van der Waals surface area contributed by atoms with E-state index in [4.69, 9.17) is 11.6 Å². The lowest BCUT2D eigenvalue weighted by molar-refractivity contribution is -0.121. The first-order valence-corrected chi connectivity index (χ1v) is 6.19. The third kappa shape index (κ3) is 1.86. The monoisotopic (exact) mass is 228 g/mol. The Bertz CT molecular complexity index is 345. The molecule has 1 aliphatic carbocycles. The van der Waals surface area contributed by atoms with E-state index >= 15 is 0 Å². The van der Waals surface area contributed by atoms with Crippen LogP contribution in [-0.2, 0) is 4.79 Å². The van der Waals surface area contributed by atoms with E-state index in [1.807, 2.05) is 5.38 Å². The van der Waals surface area contributed by atoms with E-state index in [0.29, 0.717) is 24.0 Å². The molecule has 1 aromatic rings. The Morgan fingerprint density at radius 1 is 1.57 bits per heavy atom. The van der Waals surface area contributed by atoms with Crippen LogP contribution in [0, 0.1) is 5.92 Å². The largest absolute Gasteiger partial charge is 0.300 e. The molecule has 1 fully saturated rings. The van der Waals surface area contributed by atoms with Crippen molar-refractivity contribution in [3.05, 3.63) is 21.3 Å². The van der Waals surface area contributed by atoms with Crippen molar-refractivity contribution in [2.75, 3.05) is 0 Å². The number of thiophene rings is 1. The molecule has 1 saturated carbocycles. The average molecular weight is 229 g/mol. The molecule has 1 heterocycles. The number of Topliss-reactive ketones (excluding diaryl/α,β-unsaturated/α-hetero) is 1. The Labute approximate surface area is 93.1 Å². The fourth-order valence-corrected chi connectivity index (χ4v) is 3.17. The molecule has 2 rings (SSSR count). The highest BCUT2D eigenvalue weighted by Crippen LogP contribution is 2.40. The topological polar surface area (TPSA) is 17.1 Å². The zero-order valence-electron chi connectivity index (χ0n) is 8.13. The van der Waals surface area contributed by atoms with E-state index in [9.17, 15) is 4.79 Å². The maximum Gasteiger partial charge on any atom is 0.133 e. The molecule has 2 atom stereocenters. The summed E-state index contributed by atoms with van der Waals surface area (Å²) in [7, 11) is 0. The lowest BCUT2D eigenvalue weighted by atomic mass is 9.77. The van der Waals surface area contributed by atoms with Crippen LogP contribution >= 0.6 is 22.9 Å². The second-order valence-electron chi connectivity index (χ2n) is 4.01. The number of hydrogen-bond donors (Lipinski definition) is 0. The van der Waals surface area contributed by atoms with Crippen LogP contribution in [0.25, 0.3) is 0 Å². The fraction of sp³-hybridized carbons (Fsp3) is 0.545. The van der Waals surface area contributed by atoms with E-state index in [1.165, 1.54) is 5.56 Å². The molecule has 1 aliphatic rings. The third-order valence-electron chi connectivity index (χ3n) is 3.06. The van der Waals surface area contributed by atoms with Crippen molar-refractivity contribution in [3.63, 3.8) is 0 Å². The molecule has 2 unspecified atom stereocenters. The van der Waals surface area contributed by atoms with Gasteiger partial charge in [0.1, 0.15) is 5.78 Å². The molecular formula is C11H13ClOS. The summed E-state index contributed by atoms with van der Waals surface area (Å²) in [6, 6.07) is 2.06. The van der Waals surface area contributed by atoms with Gasteiger partial charge in [0.05, 0.1) is 4.34 Å². The lowest BCUT2D eigenvalue weighted by Crippen LogP contribution is -2.21. The summed E-state index contributed by atoms with van der Waals surface area (Å²) in [5.41, 5.74) is 1.18. The zero-order chi connectivity index (χ0) is 10.1. The summed E-state index contributed by atoms with van der Waals surface area (Å²) in [5, 5.41) is 2.00. The molecule has 0 N–H and O–H groups in total. The normalized spacial score (nSPS) is 28.0. The molecule has 1 aromatic heterocycles. The van der Waals surface area contributed by atoms with Gasteiger partial charge in [-0.3, -0.25) is 4.79 Å². The van der Waals surface area contributed by atoms with Crippen LogP contribution in [-0.4, -0.2) is 5.78 Å². The van der Waals surface area contributed by atoms with Gasteiger partial charge in [0.2, 0.25) is 0 Å². The van der Waals surface area contributed by atoms with Crippen LogP contribution in [0.1, 0.15) is 37.7 Å². The molecule has 76 valence electrons. The SMILES string of the molecule is CC1CCC(=O)CC1c1ccsc1Cl. The van der Waals surface area contributed by atoms with Crippen molar-refractivity contribution in [2.45, 2.75) is 32.1 Å². The molecule has 14 heavy (non-hydrogen) atoms. The van der Waals surface area contributed by atoms with Gasteiger partial charge in [-0.25, -0.2) is 0 Å². The van der Waals surface area contributed by atoms with Gasteiger partial charge in [0.25, 0.3) is 0 Å². The van der Waals surface area contributed by atoms with Crippen molar-refractivity contribution in [1.29, 1.82) is 0 Å². The van der Waals surface area contributed by atoms with Gasteiger partial charge >= 0.3 is 0 Å². The first-order valence-electron chi connectivity index (χ1n) is 4.93.